The van der Waals surface area contributed by atoms with Crippen molar-refractivity contribution < 1.29 is 4.39 Å². The van der Waals surface area contributed by atoms with Gasteiger partial charge in [0.05, 0.1) is 6.57 Å². The molecule has 0 fully saturated rings. The number of nitrogens with zero attached hydrogens (tertiary/aromatic N) is 1. The maximum Gasteiger partial charge on any atom is 0.187 e. The van der Waals surface area contributed by atoms with E-state index in [2.05, 4.69) is 4.85 Å². The third kappa shape index (κ3) is 1.62. The normalized spacial score (nSPS) is 9.92. The molecule has 0 bridgehead atoms. The Labute approximate surface area is 71.7 Å². The van der Waals surface area contributed by atoms with Crippen LogP contribution in [0.1, 0.15) is 25.3 Å². The van der Waals surface area contributed by atoms with Gasteiger partial charge in [0.1, 0.15) is 5.82 Å². The number of halogens is 1. The smallest absolute Gasteiger partial charge is 0.187 e. The average Bonchev–Trinajstić information content (AvgIpc) is 2.05. The molecule has 12 heavy (non-hydrogen) atoms. The highest BCUT2D eigenvalue weighted by Crippen LogP contribution is 2.23. The van der Waals surface area contributed by atoms with Crippen LogP contribution in [0.15, 0.2) is 18.2 Å². The first kappa shape index (κ1) is 8.73. The fourth-order valence-corrected chi connectivity index (χ4v) is 1.04. The quantitative estimate of drug-likeness (QED) is 0.558. The van der Waals surface area contributed by atoms with Gasteiger partial charge in [0, 0.05) is 0 Å². The van der Waals surface area contributed by atoms with Crippen molar-refractivity contribution >= 4 is 5.69 Å². The first-order valence-electron chi connectivity index (χ1n) is 3.82. The van der Waals surface area contributed by atoms with E-state index in [1.807, 2.05) is 13.8 Å². The van der Waals surface area contributed by atoms with Crippen LogP contribution in [-0.4, -0.2) is 0 Å². The Balaban J connectivity index is 3.19. The topological polar surface area (TPSA) is 4.36 Å². The van der Waals surface area contributed by atoms with E-state index in [1.165, 1.54) is 12.1 Å². The number of hydrogen-bond acceptors (Lipinski definition) is 0. The van der Waals surface area contributed by atoms with Crippen molar-refractivity contribution in [2.75, 3.05) is 0 Å². The van der Waals surface area contributed by atoms with Gasteiger partial charge in [0.25, 0.3) is 0 Å². The Kier molecular flexibility index (Phi) is 2.44. The minimum absolute atomic E-state index is 0.131. The molecule has 62 valence electrons. The number of rotatable bonds is 1. The molecule has 0 N–H and O–H groups in total. The molecule has 0 spiro atoms. The molecule has 0 unspecified atom stereocenters. The molecule has 0 saturated carbocycles. The lowest BCUT2D eigenvalue weighted by molar-refractivity contribution is 0.599. The zero-order valence-corrected chi connectivity index (χ0v) is 7.13. The van der Waals surface area contributed by atoms with Crippen LogP contribution in [0, 0.1) is 12.4 Å². The first-order valence-corrected chi connectivity index (χ1v) is 3.82. The Morgan fingerprint density at radius 2 is 2.08 bits per heavy atom. The minimum Gasteiger partial charge on any atom is -0.238 e. The number of benzene rings is 1. The molecule has 0 heterocycles. The van der Waals surface area contributed by atoms with Crippen molar-refractivity contribution in [3.8, 4) is 0 Å². The highest BCUT2D eigenvalue weighted by atomic mass is 19.1. The van der Waals surface area contributed by atoms with E-state index < -0.39 is 0 Å². The Morgan fingerprint density at radius 1 is 1.42 bits per heavy atom. The predicted octanol–water partition coefficient (Wildman–Crippen LogP) is 3.50. The Hall–Kier alpha value is -1.36. The SMILES string of the molecule is [C-]#[N+]c1ccc(F)c(C(C)C)c1. The second kappa shape index (κ2) is 3.36. The summed E-state index contributed by atoms with van der Waals surface area (Å²) in [6.07, 6.45) is 0. The molecule has 0 amide bonds. The second-order valence-corrected chi connectivity index (χ2v) is 2.97. The van der Waals surface area contributed by atoms with E-state index in [9.17, 15) is 4.39 Å². The second-order valence-electron chi connectivity index (χ2n) is 2.97. The van der Waals surface area contributed by atoms with Crippen LogP contribution < -0.4 is 0 Å². The van der Waals surface area contributed by atoms with E-state index in [0.29, 0.717) is 11.3 Å². The van der Waals surface area contributed by atoms with Gasteiger partial charge in [-0.05, 0) is 17.5 Å². The lowest BCUT2D eigenvalue weighted by Gasteiger charge is -2.06. The predicted molar refractivity (Wildman–Crippen MR) is 46.8 cm³/mol. The molecule has 2 heteroatoms. The molecular formula is C10H10FN. The molecule has 0 saturated heterocycles. The first-order chi connectivity index (χ1) is 5.65. The lowest BCUT2D eigenvalue weighted by atomic mass is 10.0. The van der Waals surface area contributed by atoms with Gasteiger partial charge >= 0.3 is 0 Å². The molecule has 0 aliphatic carbocycles. The van der Waals surface area contributed by atoms with Crippen molar-refractivity contribution in [1.82, 2.24) is 0 Å². The Bertz CT molecular complexity index is 323. The van der Waals surface area contributed by atoms with Crippen molar-refractivity contribution in [2.24, 2.45) is 0 Å². The third-order valence-electron chi connectivity index (χ3n) is 1.73. The summed E-state index contributed by atoms with van der Waals surface area (Å²) in [5.41, 5.74) is 1.11. The fourth-order valence-electron chi connectivity index (χ4n) is 1.04. The molecule has 0 atom stereocenters. The highest BCUT2D eigenvalue weighted by Gasteiger charge is 2.06. The van der Waals surface area contributed by atoms with E-state index >= 15 is 0 Å². The van der Waals surface area contributed by atoms with Gasteiger partial charge in [-0.25, -0.2) is 9.24 Å². The largest absolute Gasteiger partial charge is 0.238 e. The van der Waals surface area contributed by atoms with Crippen molar-refractivity contribution in [1.29, 1.82) is 0 Å². The summed E-state index contributed by atoms with van der Waals surface area (Å²) in [4.78, 5) is 3.24. The average molecular weight is 163 g/mol. The summed E-state index contributed by atoms with van der Waals surface area (Å²) < 4.78 is 13.1. The Morgan fingerprint density at radius 3 is 2.58 bits per heavy atom. The lowest BCUT2D eigenvalue weighted by Crippen LogP contribution is -1.91. The number of hydrogen-bond donors (Lipinski definition) is 0. The molecule has 1 nitrogen and oxygen atoms in total. The van der Waals surface area contributed by atoms with Gasteiger partial charge in [-0.3, -0.25) is 0 Å². The fraction of sp³-hybridized carbons (Fsp3) is 0.300. The monoisotopic (exact) mass is 163 g/mol. The summed E-state index contributed by atoms with van der Waals surface area (Å²) in [5, 5.41) is 0. The van der Waals surface area contributed by atoms with Crippen molar-refractivity contribution in [2.45, 2.75) is 19.8 Å². The van der Waals surface area contributed by atoms with Gasteiger partial charge in [-0.15, -0.1) is 0 Å². The molecule has 0 aliphatic rings. The van der Waals surface area contributed by atoms with Gasteiger partial charge in [-0.1, -0.05) is 26.0 Å². The van der Waals surface area contributed by atoms with E-state index in [-0.39, 0.29) is 11.7 Å². The summed E-state index contributed by atoms with van der Waals surface area (Å²) in [6, 6.07) is 4.45. The van der Waals surface area contributed by atoms with Crippen LogP contribution >= 0.6 is 0 Å². The van der Waals surface area contributed by atoms with E-state index in [4.69, 9.17) is 6.57 Å². The van der Waals surface area contributed by atoms with E-state index in [0.717, 1.165) is 0 Å². The van der Waals surface area contributed by atoms with Gasteiger partial charge in [-0.2, -0.15) is 0 Å². The van der Waals surface area contributed by atoms with Gasteiger partial charge in [0.2, 0.25) is 0 Å². The zero-order chi connectivity index (χ0) is 9.14. The molecule has 1 aromatic carbocycles. The highest BCUT2D eigenvalue weighted by molar-refractivity contribution is 5.47. The van der Waals surface area contributed by atoms with Crippen molar-refractivity contribution in [3.05, 3.63) is 41.0 Å². The molecular weight excluding hydrogens is 153 g/mol. The maximum absolute atomic E-state index is 13.1. The molecule has 1 rings (SSSR count). The van der Waals surface area contributed by atoms with E-state index in [1.54, 1.807) is 6.07 Å². The van der Waals surface area contributed by atoms with Crippen LogP contribution in [0.5, 0.6) is 0 Å². The summed E-state index contributed by atoms with van der Waals surface area (Å²) in [6.45, 7) is 10.6. The molecule has 0 aliphatic heterocycles. The van der Waals surface area contributed by atoms with Crippen LogP contribution in [0.2, 0.25) is 0 Å². The maximum atomic E-state index is 13.1. The van der Waals surface area contributed by atoms with Crippen LogP contribution in [-0.2, 0) is 0 Å². The third-order valence-corrected chi connectivity index (χ3v) is 1.73. The van der Waals surface area contributed by atoms with Gasteiger partial charge < -0.3 is 0 Å². The summed E-state index contributed by atoms with van der Waals surface area (Å²) in [5.74, 6) is -0.0934. The van der Waals surface area contributed by atoms with Gasteiger partial charge in [0.15, 0.2) is 5.69 Å². The molecule has 1 aromatic rings. The summed E-state index contributed by atoms with van der Waals surface area (Å²) >= 11 is 0. The zero-order valence-electron chi connectivity index (χ0n) is 7.13. The summed E-state index contributed by atoms with van der Waals surface area (Å²) in [7, 11) is 0. The molecule has 0 radical (unpaired) electrons. The molecule has 0 aromatic heterocycles. The van der Waals surface area contributed by atoms with Crippen LogP contribution in [0.4, 0.5) is 10.1 Å². The standard InChI is InChI=1S/C10H10FN/c1-7(2)9-6-8(12-3)4-5-10(9)11/h4-7H,1-2H3. The van der Waals surface area contributed by atoms with Crippen LogP contribution in [0.25, 0.3) is 4.85 Å². The van der Waals surface area contributed by atoms with Crippen molar-refractivity contribution in [3.63, 3.8) is 0 Å². The van der Waals surface area contributed by atoms with Crippen LogP contribution in [0.3, 0.4) is 0 Å². The minimum atomic E-state index is -0.225.